The smallest absolute Gasteiger partial charge is 0.305 e. The molecule has 1 unspecified atom stereocenters. The fourth-order valence-electron chi connectivity index (χ4n) is 1.23. The zero-order valence-electron chi connectivity index (χ0n) is 10.5. The molecule has 0 aromatic heterocycles. The summed E-state index contributed by atoms with van der Waals surface area (Å²) in [6, 6.07) is 0. The number of ether oxygens (including phenoxy) is 1. The Labute approximate surface area is 97.3 Å². The monoisotopic (exact) mass is 251 g/mol. The molecule has 0 amide bonds. The molecule has 0 aliphatic heterocycles. The van der Waals surface area contributed by atoms with E-state index in [-0.39, 0.29) is 12.1 Å². The molecule has 1 N–H and O–H groups in total. The minimum absolute atomic E-state index is 0.0345. The molecular weight excluding hydrogens is 229 g/mol. The van der Waals surface area contributed by atoms with Crippen molar-refractivity contribution in [1.82, 2.24) is 5.32 Å². The van der Waals surface area contributed by atoms with E-state index >= 15 is 0 Å². The average Bonchev–Trinajstić information content (AvgIpc) is 2.14. The third kappa shape index (κ3) is 8.89. The molecule has 5 nitrogen and oxygen atoms in total. The lowest BCUT2D eigenvalue weighted by Crippen LogP contribution is -2.19. The Morgan fingerprint density at radius 2 is 2.06 bits per heavy atom. The van der Waals surface area contributed by atoms with Crippen molar-refractivity contribution >= 4 is 13.3 Å². The van der Waals surface area contributed by atoms with Crippen molar-refractivity contribution in [1.29, 1.82) is 0 Å². The Hall–Kier alpha value is -0.380. The summed E-state index contributed by atoms with van der Waals surface area (Å²) in [5.41, 5.74) is 0. The second-order valence-corrected chi connectivity index (χ2v) is 6.56. The molecule has 0 saturated carbocycles. The maximum absolute atomic E-state index is 11.8. The zero-order chi connectivity index (χ0) is 12.6. The molecule has 0 aromatic carbocycles. The van der Waals surface area contributed by atoms with Gasteiger partial charge in [0.2, 0.25) is 7.37 Å². The molecule has 0 radical (unpaired) electrons. The van der Waals surface area contributed by atoms with Crippen molar-refractivity contribution in [3.8, 4) is 0 Å². The number of methoxy groups -OCH3 is 1. The van der Waals surface area contributed by atoms with E-state index in [1.807, 2.05) is 13.8 Å². The third-order valence-electron chi connectivity index (χ3n) is 1.79. The van der Waals surface area contributed by atoms with Crippen LogP contribution in [0.15, 0.2) is 0 Å². The number of esters is 1. The number of carbonyl (C=O) groups is 1. The van der Waals surface area contributed by atoms with Crippen molar-refractivity contribution in [3.05, 3.63) is 0 Å². The fraction of sp³-hybridized carbons (Fsp3) is 0.900. The van der Waals surface area contributed by atoms with E-state index in [4.69, 9.17) is 4.52 Å². The van der Waals surface area contributed by atoms with E-state index in [9.17, 15) is 9.36 Å². The van der Waals surface area contributed by atoms with Crippen molar-refractivity contribution in [2.45, 2.75) is 32.8 Å². The van der Waals surface area contributed by atoms with Crippen molar-refractivity contribution < 1.29 is 18.6 Å². The van der Waals surface area contributed by atoms with Gasteiger partial charge in [0.15, 0.2) is 0 Å². The Kier molecular flexibility index (Phi) is 7.64. The predicted molar refractivity (Wildman–Crippen MR) is 63.9 cm³/mol. The topological polar surface area (TPSA) is 64.6 Å². The summed E-state index contributed by atoms with van der Waals surface area (Å²) in [7, 11) is -1.18. The quantitative estimate of drug-likeness (QED) is 0.405. The lowest BCUT2D eigenvalue weighted by Gasteiger charge is -2.17. The van der Waals surface area contributed by atoms with Gasteiger partial charge >= 0.3 is 5.97 Å². The molecule has 0 fully saturated rings. The first-order valence-corrected chi connectivity index (χ1v) is 7.65. The summed E-state index contributed by atoms with van der Waals surface area (Å²) in [6.07, 6.45) is 1.36. The molecule has 0 spiro atoms. The van der Waals surface area contributed by atoms with Gasteiger partial charge in [-0.05, 0) is 26.8 Å². The number of carbonyl (C=O) groups excluding carboxylic acids is 1. The Balaban J connectivity index is 3.58. The molecular formula is C10H22NO4P. The summed E-state index contributed by atoms with van der Waals surface area (Å²) >= 11 is 0. The second-order valence-electron chi connectivity index (χ2n) is 4.01. The molecule has 0 heterocycles. The van der Waals surface area contributed by atoms with Gasteiger partial charge in [-0.2, -0.15) is 0 Å². The van der Waals surface area contributed by atoms with Gasteiger partial charge in [0.1, 0.15) is 0 Å². The molecule has 0 rings (SSSR count). The molecule has 0 aromatic rings. The summed E-state index contributed by atoms with van der Waals surface area (Å²) in [6.45, 7) is 5.95. The minimum atomic E-state index is -2.55. The van der Waals surface area contributed by atoms with Crippen LogP contribution < -0.4 is 5.32 Å². The second kappa shape index (κ2) is 7.82. The lowest BCUT2D eigenvalue weighted by molar-refractivity contribution is -0.140. The summed E-state index contributed by atoms with van der Waals surface area (Å²) in [5, 5.41) is 3.01. The van der Waals surface area contributed by atoms with Crippen LogP contribution in [0.25, 0.3) is 0 Å². The molecule has 0 bridgehead atoms. The Morgan fingerprint density at radius 1 is 1.44 bits per heavy atom. The summed E-state index contributed by atoms with van der Waals surface area (Å²) in [5.74, 6) is -0.222. The molecule has 16 heavy (non-hydrogen) atoms. The van der Waals surface area contributed by atoms with Crippen LogP contribution >= 0.6 is 7.37 Å². The molecule has 1 atom stereocenters. The third-order valence-corrected chi connectivity index (χ3v) is 3.46. The SMILES string of the molecule is COC(=O)CCCNCP(C)(=O)OC(C)C. The van der Waals surface area contributed by atoms with Crippen molar-refractivity contribution in [2.24, 2.45) is 0 Å². The summed E-state index contributed by atoms with van der Waals surface area (Å²) in [4.78, 5) is 10.8. The molecule has 96 valence electrons. The van der Waals surface area contributed by atoms with Crippen molar-refractivity contribution in [2.75, 3.05) is 26.6 Å². The first-order valence-electron chi connectivity index (χ1n) is 5.40. The Bertz CT molecular complexity index is 255. The molecule has 0 aliphatic carbocycles. The van der Waals surface area contributed by atoms with Gasteiger partial charge in [-0.25, -0.2) is 0 Å². The number of rotatable bonds is 8. The van der Waals surface area contributed by atoms with Gasteiger partial charge in [0, 0.05) is 13.1 Å². The highest BCUT2D eigenvalue weighted by Crippen LogP contribution is 2.42. The number of nitrogens with one attached hydrogen (secondary N) is 1. The van der Waals surface area contributed by atoms with Gasteiger partial charge in [0.25, 0.3) is 0 Å². The first kappa shape index (κ1) is 15.6. The maximum atomic E-state index is 11.8. The van der Waals surface area contributed by atoms with Crippen LogP contribution in [0.4, 0.5) is 0 Å². The van der Waals surface area contributed by atoms with Gasteiger partial charge in [-0.1, -0.05) is 0 Å². The normalized spacial score (nSPS) is 14.8. The van der Waals surface area contributed by atoms with Gasteiger partial charge in [-0.15, -0.1) is 0 Å². The van der Waals surface area contributed by atoms with E-state index in [0.717, 1.165) is 0 Å². The van der Waals surface area contributed by atoms with Gasteiger partial charge < -0.3 is 14.6 Å². The van der Waals surface area contributed by atoms with Crippen molar-refractivity contribution in [3.63, 3.8) is 0 Å². The number of hydrogen-bond acceptors (Lipinski definition) is 5. The van der Waals surface area contributed by atoms with E-state index in [1.54, 1.807) is 6.66 Å². The van der Waals surface area contributed by atoms with E-state index in [1.165, 1.54) is 7.11 Å². The van der Waals surface area contributed by atoms with Crippen LogP contribution in [-0.4, -0.2) is 38.7 Å². The lowest BCUT2D eigenvalue weighted by atomic mass is 10.3. The van der Waals surface area contributed by atoms with Crippen LogP contribution in [-0.2, 0) is 18.6 Å². The molecule has 0 saturated heterocycles. The first-order chi connectivity index (χ1) is 7.37. The zero-order valence-corrected chi connectivity index (χ0v) is 11.4. The highest BCUT2D eigenvalue weighted by atomic mass is 31.2. The van der Waals surface area contributed by atoms with Crippen LogP contribution in [0.5, 0.6) is 0 Å². The predicted octanol–water partition coefficient (Wildman–Crippen LogP) is 1.82. The Morgan fingerprint density at radius 3 is 2.56 bits per heavy atom. The summed E-state index contributed by atoms with van der Waals surface area (Å²) < 4.78 is 21.6. The fourth-order valence-corrected chi connectivity index (χ4v) is 2.76. The van der Waals surface area contributed by atoms with Crippen LogP contribution in [0.2, 0.25) is 0 Å². The van der Waals surface area contributed by atoms with Gasteiger partial charge in [-0.3, -0.25) is 9.36 Å². The largest absolute Gasteiger partial charge is 0.469 e. The minimum Gasteiger partial charge on any atom is -0.469 e. The highest BCUT2D eigenvalue weighted by Gasteiger charge is 2.16. The van der Waals surface area contributed by atoms with E-state index in [0.29, 0.717) is 25.7 Å². The number of hydrogen-bond donors (Lipinski definition) is 1. The maximum Gasteiger partial charge on any atom is 0.305 e. The van der Waals surface area contributed by atoms with Gasteiger partial charge in [0.05, 0.1) is 19.5 Å². The standard InChI is InChI=1S/C10H22NO4P/c1-9(2)15-16(4,13)8-11-7-5-6-10(12)14-3/h9,11H,5-8H2,1-4H3. The molecule has 6 heteroatoms. The van der Waals surface area contributed by atoms with E-state index in [2.05, 4.69) is 10.1 Å². The van der Waals surface area contributed by atoms with E-state index < -0.39 is 7.37 Å². The van der Waals surface area contributed by atoms with Crippen LogP contribution in [0, 0.1) is 0 Å². The average molecular weight is 251 g/mol. The highest BCUT2D eigenvalue weighted by molar-refractivity contribution is 7.58. The van der Waals surface area contributed by atoms with Crippen LogP contribution in [0.1, 0.15) is 26.7 Å². The van der Waals surface area contributed by atoms with Crippen LogP contribution in [0.3, 0.4) is 0 Å². The molecule has 0 aliphatic rings.